The second-order valence-corrected chi connectivity index (χ2v) is 3.84. The van der Waals surface area contributed by atoms with E-state index < -0.39 is 6.29 Å². The Kier molecular flexibility index (Phi) is 4.68. The first kappa shape index (κ1) is 12.9. The molecule has 6 nitrogen and oxygen atoms in total. The van der Waals surface area contributed by atoms with Gasteiger partial charge in [0, 0.05) is 6.42 Å². The van der Waals surface area contributed by atoms with Gasteiger partial charge >= 0.3 is 0 Å². The highest BCUT2D eigenvalue weighted by atomic mass is 35.5. The third-order valence-electron chi connectivity index (χ3n) is 2.07. The van der Waals surface area contributed by atoms with Crippen molar-refractivity contribution in [2.24, 2.45) is 21.7 Å². The second-order valence-electron chi connectivity index (χ2n) is 3.50. The summed E-state index contributed by atoms with van der Waals surface area (Å²) in [6, 6.07) is 2.13. The van der Waals surface area contributed by atoms with E-state index in [1.54, 1.807) is 0 Å². The number of hydrogen-bond donors (Lipinski definition) is 2. The van der Waals surface area contributed by atoms with E-state index in [4.69, 9.17) is 22.7 Å². The van der Waals surface area contributed by atoms with Crippen molar-refractivity contribution in [1.29, 1.82) is 5.26 Å². The first-order valence-electron chi connectivity index (χ1n) is 5.06. The van der Waals surface area contributed by atoms with Crippen molar-refractivity contribution in [3.8, 4) is 6.07 Å². The Labute approximate surface area is 99.8 Å². The summed E-state index contributed by atoms with van der Waals surface area (Å²) in [5, 5.41) is 13.2. The molecule has 3 N–H and O–H groups in total. The number of amidine groups is 2. The average molecular weight is 243 g/mol. The lowest BCUT2D eigenvalue weighted by molar-refractivity contribution is 0.282. The molecular weight excluding hydrogens is 228 g/mol. The third kappa shape index (κ3) is 3.17. The number of hydrazine groups is 1. The van der Waals surface area contributed by atoms with Gasteiger partial charge in [0.05, 0.1) is 12.0 Å². The van der Waals surface area contributed by atoms with Crippen LogP contribution in [0.4, 0.5) is 0 Å². The van der Waals surface area contributed by atoms with Gasteiger partial charge in [-0.25, -0.2) is 20.8 Å². The Bertz CT molecular complexity index is 344. The van der Waals surface area contributed by atoms with E-state index in [1.165, 1.54) is 5.01 Å². The van der Waals surface area contributed by atoms with Gasteiger partial charge in [-0.1, -0.05) is 6.92 Å². The maximum Gasteiger partial charge on any atom is 0.217 e. The van der Waals surface area contributed by atoms with Crippen LogP contribution in [0.5, 0.6) is 0 Å². The highest BCUT2D eigenvalue weighted by molar-refractivity contribution is 6.65. The normalized spacial score (nSPS) is 22.2. The van der Waals surface area contributed by atoms with Crippen LogP contribution in [-0.4, -0.2) is 29.0 Å². The molecule has 0 aliphatic carbocycles. The Balaban J connectivity index is 2.77. The number of hydrogen-bond acceptors (Lipinski definition) is 6. The van der Waals surface area contributed by atoms with E-state index in [2.05, 4.69) is 21.4 Å². The molecule has 1 rings (SSSR count). The highest BCUT2D eigenvalue weighted by Crippen LogP contribution is 2.11. The fraction of sp³-hybridized carbons (Fsp3) is 0.667. The zero-order valence-electron chi connectivity index (χ0n) is 9.31. The number of halogens is 1. The van der Waals surface area contributed by atoms with Gasteiger partial charge in [0.15, 0.2) is 6.29 Å². The molecule has 0 aromatic rings. The molecule has 1 heterocycles. The molecular formula is C9H15ClN6. The van der Waals surface area contributed by atoms with Gasteiger partial charge in [0.1, 0.15) is 5.84 Å². The molecule has 88 valence electrons. The Morgan fingerprint density at radius 2 is 2.44 bits per heavy atom. The molecule has 2 unspecified atom stereocenters. The number of rotatable bonds is 4. The number of nitrogens with one attached hydrogen (secondary N) is 1. The molecule has 0 saturated heterocycles. The molecule has 0 radical (unpaired) electrons. The zero-order valence-corrected chi connectivity index (χ0v) is 10.1. The van der Waals surface area contributed by atoms with Crippen molar-refractivity contribution in [2.75, 3.05) is 6.54 Å². The number of nitrogens with zero attached hydrogens (tertiary/aromatic N) is 4. The monoisotopic (exact) mass is 242 g/mol. The lowest BCUT2D eigenvalue weighted by Crippen LogP contribution is -2.52. The van der Waals surface area contributed by atoms with Crippen LogP contribution in [0.25, 0.3) is 0 Å². The Morgan fingerprint density at radius 3 is 3.00 bits per heavy atom. The molecule has 0 aromatic heterocycles. The summed E-state index contributed by atoms with van der Waals surface area (Å²) in [6.07, 6.45) is 0.0681. The van der Waals surface area contributed by atoms with E-state index in [-0.39, 0.29) is 11.2 Å². The molecule has 2 atom stereocenters. The van der Waals surface area contributed by atoms with Crippen LogP contribution in [-0.2, 0) is 0 Å². The minimum Gasteiger partial charge on any atom is -0.278 e. The number of nitriles is 1. The summed E-state index contributed by atoms with van der Waals surface area (Å²) in [5.74, 6) is 6.08. The van der Waals surface area contributed by atoms with Crippen molar-refractivity contribution in [2.45, 2.75) is 26.6 Å². The smallest absolute Gasteiger partial charge is 0.217 e. The summed E-state index contributed by atoms with van der Waals surface area (Å²) in [7, 11) is 0. The molecule has 0 spiro atoms. The summed E-state index contributed by atoms with van der Waals surface area (Å²) in [6.45, 7) is 4.47. The highest BCUT2D eigenvalue weighted by Gasteiger charge is 2.22. The minimum atomic E-state index is -0.407. The fourth-order valence-electron chi connectivity index (χ4n) is 1.24. The van der Waals surface area contributed by atoms with Crippen molar-refractivity contribution >= 4 is 22.7 Å². The summed E-state index contributed by atoms with van der Waals surface area (Å²) in [4.78, 5) is 8.30. The quantitative estimate of drug-likeness (QED) is 0.558. The van der Waals surface area contributed by atoms with E-state index in [0.29, 0.717) is 18.8 Å². The van der Waals surface area contributed by atoms with Crippen molar-refractivity contribution in [3.63, 3.8) is 0 Å². The first-order chi connectivity index (χ1) is 7.58. The topological polar surface area (TPSA) is 89.8 Å². The third-order valence-corrected chi connectivity index (χ3v) is 2.34. The summed E-state index contributed by atoms with van der Waals surface area (Å²) < 4.78 is 0. The van der Waals surface area contributed by atoms with Crippen LogP contribution < -0.4 is 11.2 Å². The van der Waals surface area contributed by atoms with E-state index in [9.17, 15) is 0 Å². The number of nitrogens with two attached hydrogens (primary N) is 1. The molecule has 0 fully saturated rings. The Morgan fingerprint density at radius 1 is 1.75 bits per heavy atom. The maximum absolute atomic E-state index is 8.72. The molecule has 1 aliphatic heterocycles. The van der Waals surface area contributed by atoms with Crippen LogP contribution in [0.3, 0.4) is 0 Å². The zero-order chi connectivity index (χ0) is 12.1. The Hall–Kier alpha value is -1.16. The molecule has 7 heteroatoms. The van der Waals surface area contributed by atoms with Gasteiger partial charge in [0.2, 0.25) is 5.29 Å². The number of aliphatic imine (C=N–C) groups is 2. The van der Waals surface area contributed by atoms with Crippen LogP contribution in [0.15, 0.2) is 9.98 Å². The molecule has 0 bridgehead atoms. The van der Waals surface area contributed by atoms with E-state index in [0.717, 1.165) is 0 Å². The second kappa shape index (κ2) is 5.80. The van der Waals surface area contributed by atoms with Gasteiger partial charge in [-0.15, -0.1) is 0 Å². The van der Waals surface area contributed by atoms with E-state index >= 15 is 0 Å². The summed E-state index contributed by atoms with van der Waals surface area (Å²) >= 11 is 5.87. The average Bonchev–Trinajstić information content (AvgIpc) is 2.25. The first-order valence-corrected chi connectivity index (χ1v) is 5.44. The van der Waals surface area contributed by atoms with Crippen LogP contribution in [0, 0.1) is 17.2 Å². The lowest BCUT2D eigenvalue weighted by atomic mass is 10.1. The maximum atomic E-state index is 8.72. The largest absolute Gasteiger partial charge is 0.278 e. The van der Waals surface area contributed by atoms with Gasteiger partial charge in [-0.05, 0) is 25.1 Å². The molecule has 0 aromatic carbocycles. The van der Waals surface area contributed by atoms with Gasteiger partial charge in [0.25, 0.3) is 0 Å². The van der Waals surface area contributed by atoms with Crippen molar-refractivity contribution < 1.29 is 0 Å². The lowest BCUT2D eigenvalue weighted by Gasteiger charge is -2.28. The molecule has 16 heavy (non-hydrogen) atoms. The fourth-order valence-corrected chi connectivity index (χ4v) is 1.43. The van der Waals surface area contributed by atoms with Gasteiger partial charge in [-0.3, -0.25) is 5.32 Å². The van der Waals surface area contributed by atoms with Crippen molar-refractivity contribution in [1.82, 2.24) is 10.3 Å². The van der Waals surface area contributed by atoms with Gasteiger partial charge < -0.3 is 0 Å². The molecule has 0 saturated carbocycles. The van der Waals surface area contributed by atoms with Crippen LogP contribution >= 0.6 is 11.6 Å². The van der Waals surface area contributed by atoms with Crippen molar-refractivity contribution in [3.05, 3.63) is 0 Å². The standard InChI is InChI=1S/C9H15ClN6/c1-3-13-9-15-7(4-6(2)5-11)14-8(10)16(9)12/h6,9,13H,3-4,12H2,1-2H3. The summed E-state index contributed by atoms with van der Waals surface area (Å²) in [5.41, 5.74) is 0. The molecule has 0 amide bonds. The van der Waals surface area contributed by atoms with Gasteiger partial charge in [-0.2, -0.15) is 5.26 Å². The SMILES string of the molecule is CCNC1N=C(CC(C)C#N)N=C(Cl)N1N. The van der Waals surface area contributed by atoms with Crippen LogP contribution in [0.2, 0.25) is 0 Å². The molecule has 1 aliphatic rings. The minimum absolute atomic E-state index is 0.140. The van der Waals surface area contributed by atoms with E-state index in [1.807, 2.05) is 13.8 Å². The predicted octanol–water partition coefficient (Wildman–Crippen LogP) is 0.612. The predicted molar refractivity (Wildman–Crippen MR) is 63.6 cm³/mol. The van der Waals surface area contributed by atoms with Crippen LogP contribution in [0.1, 0.15) is 20.3 Å².